The number of rotatable bonds is 4. The Hall–Kier alpha value is -2.40. The first kappa shape index (κ1) is 15.0. The van der Waals surface area contributed by atoms with Gasteiger partial charge in [0, 0.05) is 17.8 Å². The van der Waals surface area contributed by atoms with Gasteiger partial charge in [0.2, 0.25) is 0 Å². The number of benzene rings is 2. The molecule has 0 bridgehead atoms. The number of carbonyl (C=O) groups excluding carboxylic acids is 1. The maximum atomic E-state index is 12.3. The van der Waals surface area contributed by atoms with Crippen molar-refractivity contribution in [2.24, 2.45) is 0 Å². The summed E-state index contributed by atoms with van der Waals surface area (Å²) in [6.45, 7) is 1.98. The molecule has 0 saturated heterocycles. The molecule has 0 aliphatic heterocycles. The fourth-order valence-electron chi connectivity index (χ4n) is 1.94. The van der Waals surface area contributed by atoms with Crippen LogP contribution in [0, 0.1) is 10.1 Å². The quantitative estimate of drug-likeness (QED) is 0.683. The smallest absolute Gasteiger partial charge is 0.270 e. The van der Waals surface area contributed by atoms with Crippen LogP contribution in [-0.2, 0) is 6.42 Å². The normalized spacial score (nSPS) is 10.2. The van der Waals surface area contributed by atoms with E-state index in [1.807, 2.05) is 25.1 Å². The molecule has 0 radical (unpaired) electrons. The number of para-hydroxylation sites is 1. The van der Waals surface area contributed by atoms with E-state index in [2.05, 4.69) is 5.32 Å². The number of nitro groups is 1. The molecule has 108 valence electrons. The maximum absolute atomic E-state index is 12.3. The van der Waals surface area contributed by atoms with Crippen LogP contribution in [0.3, 0.4) is 0 Å². The first-order chi connectivity index (χ1) is 10.0. The molecule has 0 atom stereocenters. The second-order valence-corrected chi connectivity index (χ2v) is 4.79. The van der Waals surface area contributed by atoms with Crippen molar-refractivity contribution >= 4 is 28.9 Å². The SMILES string of the molecule is CCc1ccccc1NC(=O)c1cc([N+](=O)[O-])ccc1Cl. The van der Waals surface area contributed by atoms with Gasteiger partial charge in [-0.05, 0) is 24.1 Å². The molecule has 0 aliphatic rings. The molecule has 0 fully saturated rings. The molecular weight excluding hydrogens is 292 g/mol. The molecule has 0 heterocycles. The summed E-state index contributed by atoms with van der Waals surface area (Å²) in [6, 6.07) is 11.2. The third-order valence-electron chi connectivity index (χ3n) is 3.05. The zero-order chi connectivity index (χ0) is 15.4. The van der Waals surface area contributed by atoms with E-state index >= 15 is 0 Å². The summed E-state index contributed by atoms with van der Waals surface area (Å²) >= 11 is 5.95. The number of halogens is 1. The summed E-state index contributed by atoms with van der Waals surface area (Å²) in [5.41, 5.74) is 1.56. The minimum absolute atomic E-state index is 0.0803. The first-order valence-electron chi connectivity index (χ1n) is 6.36. The number of hydrogen-bond acceptors (Lipinski definition) is 3. The third-order valence-corrected chi connectivity index (χ3v) is 3.38. The third kappa shape index (κ3) is 3.38. The predicted molar refractivity (Wildman–Crippen MR) is 81.9 cm³/mol. The van der Waals surface area contributed by atoms with E-state index in [9.17, 15) is 14.9 Å². The number of hydrogen-bond donors (Lipinski definition) is 1. The van der Waals surface area contributed by atoms with Crippen LogP contribution in [0.5, 0.6) is 0 Å². The summed E-state index contributed by atoms with van der Waals surface area (Å²) < 4.78 is 0. The van der Waals surface area contributed by atoms with E-state index in [1.165, 1.54) is 18.2 Å². The van der Waals surface area contributed by atoms with E-state index in [4.69, 9.17) is 11.6 Å². The molecule has 1 N–H and O–H groups in total. The lowest BCUT2D eigenvalue weighted by molar-refractivity contribution is -0.384. The lowest BCUT2D eigenvalue weighted by Gasteiger charge is -2.10. The van der Waals surface area contributed by atoms with E-state index in [0.717, 1.165) is 12.0 Å². The molecule has 2 aromatic carbocycles. The molecule has 0 aliphatic carbocycles. The molecule has 2 rings (SSSR count). The minimum atomic E-state index is -0.562. The van der Waals surface area contributed by atoms with Gasteiger partial charge < -0.3 is 5.32 Å². The molecule has 2 aromatic rings. The number of anilines is 1. The number of amides is 1. The summed E-state index contributed by atoms with van der Waals surface area (Å²) in [6.07, 6.45) is 0.763. The predicted octanol–water partition coefficient (Wildman–Crippen LogP) is 4.06. The summed E-state index contributed by atoms with van der Waals surface area (Å²) in [5.74, 6) is -0.468. The lowest BCUT2D eigenvalue weighted by atomic mass is 10.1. The second-order valence-electron chi connectivity index (χ2n) is 4.39. The van der Waals surface area contributed by atoms with Crippen LogP contribution < -0.4 is 5.32 Å². The van der Waals surface area contributed by atoms with E-state index < -0.39 is 10.8 Å². The molecule has 6 heteroatoms. The van der Waals surface area contributed by atoms with Gasteiger partial charge in [-0.3, -0.25) is 14.9 Å². The molecule has 5 nitrogen and oxygen atoms in total. The van der Waals surface area contributed by atoms with Crippen LogP contribution in [0.4, 0.5) is 11.4 Å². The summed E-state index contributed by atoms with van der Waals surface area (Å²) in [4.78, 5) is 22.5. The van der Waals surface area contributed by atoms with Crippen LogP contribution in [0.25, 0.3) is 0 Å². The highest BCUT2D eigenvalue weighted by atomic mass is 35.5. The van der Waals surface area contributed by atoms with Crippen LogP contribution in [0.1, 0.15) is 22.8 Å². The molecule has 0 saturated carbocycles. The van der Waals surface area contributed by atoms with Gasteiger partial charge in [-0.15, -0.1) is 0 Å². The average Bonchev–Trinajstić information content (AvgIpc) is 2.47. The van der Waals surface area contributed by atoms with Gasteiger partial charge in [-0.1, -0.05) is 36.7 Å². The van der Waals surface area contributed by atoms with E-state index in [1.54, 1.807) is 6.07 Å². The van der Waals surface area contributed by atoms with E-state index in [-0.39, 0.29) is 16.3 Å². The number of nitro benzene ring substituents is 1. The fraction of sp³-hybridized carbons (Fsp3) is 0.133. The van der Waals surface area contributed by atoms with Gasteiger partial charge in [-0.25, -0.2) is 0 Å². The van der Waals surface area contributed by atoms with Crippen molar-refractivity contribution < 1.29 is 9.72 Å². The number of carbonyl (C=O) groups is 1. The zero-order valence-electron chi connectivity index (χ0n) is 11.3. The van der Waals surface area contributed by atoms with Crippen molar-refractivity contribution in [3.8, 4) is 0 Å². The molecule has 0 unspecified atom stereocenters. The number of aryl methyl sites for hydroxylation is 1. The number of non-ortho nitro benzene ring substituents is 1. The standard InChI is InChI=1S/C15H13ClN2O3/c1-2-10-5-3-4-6-14(10)17-15(19)12-9-11(18(20)21)7-8-13(12)16/h3-9H,2H2,1H3,(H,17,19). The highest BCUT2D eigenvalue weighted by Crippen LogP contribution is 2.24. The van der Waals surface area contributed by atoms with Gasteiger partial charge in [0.1, 0.15) is 0 Å². The Bertz CT molecular complexity index is 701. The van der Waals surface area contributed by atoms with Crippen molar-refractivity contribution in [2.45, 2.75) is 13.3 Å². The highest BCUT2D eigenvalue weighted by Gasteiger charge is 2.16. The van der Waals surface area contributed by atoms with Gasteiger partial charge in [-0.2, -0.15) is 0 Å². The molecule has 1 amide bonds. The van der Waals surface area contributed by atoms with Gasteiger partial charge in [0.15, 0.2) is 0 Å². The summed E-state index contributed by atoms with van der Waals surface area (Å²) in [5, 5.41) is 13.7. The Morgan fingerprint density at radius 1 is 1.29 bits per heavy atom. The van der Waals surface area contributed by atoms with Gasteiger partial charge in [0.05, 0.1) is 15.5 Å². The second kappa shape index (κ2) is 6.37. The van der Waals surface area contributed by atoms with Crippen molar-refractivity contribution in [2.75, 3.05) is 5.32 Å². The number of nitrogens with zero attached hydrogens (tertiary/aromatic N) is 1. The monoisotopic (exact) mass is 304 g/mol. The first-order valence-corrected chi connectivity index (χ1v) is 6.74. The molecular formula is C15H13ClN2O3. The van der Waals surface area contributed by atoms with Crippen LogP contribution in [0.15, 0.2) is 42.5 Å². The van der Waals surface area contributed by atoms with Crippen molar-refractivity contribution in [1.29, 1.82) is 0 Å². The molecule has 0 spiro atoms. The topological polar surface area (TPSA) is 72.2 Å². The minimum Gasteiger partial charge on any atom is -0.322 e. The van der Waals surface area contributed by atoms with Gasteiger partial charge in [0.25, 0.3) is 11.6 Å². The maximum Gasteiger partial charge on any atom is 0.270 e. The van der Waals surface area contributed by atoms with Crippen molar-refractivity contribution in [1.82, 2.24) is 0 Å². The van der Waals surface area contributed by atoms with Crippen molar-refractivity contribution in [3.05, 3.63) is 68.7 Å². The van der Waals surface area contributed by atoms with Crippen LogP contribution in [-0.4, -0.2) is 10.8 Å². The summed E-state index contributed by atoms with van der Waals surface area (Å²) in [7, 11) is 0. The van der Waals surface area contributed by atoms with Crippen molar-refractivity contribution in [3.63, 3.8) is 0 Å². The van der Waals surface area contributed by atoms with Crippen LogP contribution in [0.2, 0.25) is 5.02 Å². The Kier molecular flexibility index (Phi) is 4.55. The lowest BCUT2D eigenvalue weighted by Crippen LogP contribution is -2.14. The molecule has 0 aromatic heterocycles. The Morgan fingerprint density at radius 2 is 2.00 bits per heavy atom. The Labute approximate surface area is 126 Å². The largest absolute Gasteiger partial charge is 0.322 e. The van der Waals surface area contributed by atoms with Gasteiger partial charge >= 0.3 is 0 Å². The Morgan fingerprint density at radius 3 is 2.67 bits per heavy atom. The molecule has 21 heavy (non-hydrogen) atoms. The van der Waals surface area contributed by atoms with Crippen LogP contribution >= 0.6 is 11.6 Å². The highest BCUT2D eigenvalue weighted by molar-refractivity contribution is 6.34. The van der Waals surface area contributed by atoms with E-state index in [0.29, 0.717) is 5.69 Å². The average molecular weight is 305 g/mol. The zero-order valence-corrected chi connectivity index (χ0v) is 12.1. The Balaban J connectivity index is 2.32. The number of nitrogens with one attached hydrogen (secondary N) is 1. The fourth-order valence-corrected chi connectivity index (χ4v) is 2.14.